The Morgan fingerprint density at radius 1 is 1.45 bits per heavy atom. The third kappa shape index (κ3) is 6.65. The molecule has 1 aromatic carbocycles. The van der Waals surface area contributed by atoms with Gasteiger partial charge in [0.1, 0.15) is 5.82 Å². The van der Waals surface area contributed by atoms with Crippen LogP contribution in [0, 0.1) is 5.82 Å². The summed E-state index contributed by atoms with van der Waals surface area (Å²) in [4.78, 5) is 11.5. The first kappa shape index (κ1) is 16.6. The van der Waals surface area contributed by atoms with E-state index in [1.54, 1.807) is 6.08 Å². The van der Waals surface area contributed by atoms with Crippen molar-refractivity contribution in [2.45, 2.75) is 6.42 Å². The van der Waals surface area contributed by atoms with Crippen molar-refractivity contribution in [2.24, 2.45) is 0 Å². The van der Waals surface area contributed by atoms with Gasteiger partial charge in [0.25, 0.3) is 0 Å². The number of halogens is 2. The molecule has 0 unspecified atom stereocenters. The second kappa shape index (κ2) is 9.47. The molecule has 110 valence electrons. The van der Waals surface area contributed by atoms with Crippen LogP contribution in [0.25, 0.3) is 6.08 Å². The van der Waals surface area contributed by atoms with Crippen molar-refractivity contribution < 1.29 is 19.0 Å². The molecule has 0 aromatic heterocycles. The molecule has 0 saturated heterocycles. The highest BCUT2D eigenvalue weighted by Crippen LogP contribution is 2.16. The number of nitrogens with one attached hydrogen (secondary N) is 1. The number of hydrogen-bond donors (Lipinski definition) is 2. The summed E-state index contributed by atoms with van der Waals surface area (Å²) >= 11 is 5.63. The molecule has 0 fully saturated rings. The van der Waals surface area contributed by atoms with Crippen molar-refractivity contribution in [3.05, 3.63) is 40.7 Å². The monoisotopic (exact) mass is 301 g/mol. The molecule has 0 aliphatic heterocycles. The second-order valence-corrected chi connectivity index (χ2v) is 4.39. The van der Waals surface area contributed by atoms with E-state index in [0.717, 1.165) is 0 Å². The van der Waals surface area contributed by atoms with E-state index >= 15 is 0 Å². The highest BCUT2D eigenvalue weighted by molar-refractivity contribution is 6.30. The first-order valence-corrected chi connectivity index (χ1v) is 6.61. The zero-order valence-electron chi connectivity index (χ0n) is 10.9. The summed E-state index contributed by atoms with van der Waals surface area (Å²) < 4.78 is 18.0. The van der Waals surface area contributed by atoms with E-state index in [2.05, 4.69) is 5.32 Å². The van der Waals surface area contributed by atoms with Gasteiger partial charge in [0.05, 0.1) is 18.2 Å². The summed E-state index contributed by atoms with van der Waals surface area (Å²) in [6, 6.07) is 4.23. The second-order valence-electron chi connectivity index (χ2n) is 3.99. The van der Waals surface area contributed by atoms with Crippen LogP contribution in [0.3, 0.4) is 0 Å². The number of benzene rings is 1. The minimum atomic E-state index is -0.490. The fourth-order valence-electron chi connectivity index (χ4n) is 1.40. The lowest BCUT2D eigenvalue weighted by Crippen LogP contribution is -2.23. The zero-order valence-corrected chi connectivity index (χ0v) is 11.7. The van der Waals surface area contributed by atoms with Gasteiger partial charge in [-0.2, -0.15) is 0 Å². The predicted molar refractivity (Wildman–Crippen MR) is 76.0 cm³/mol. The minimum absolute atomic E-state index is 0.00464. The summed E-state index contributed by atoms with van der Waals surface area (Å²) in [5.41, 5.74) is 0.651. The number of carbonyl (C=O) groups excluding carboxylic acids is 1. The van der Waals surface area contributed by atoms with Gasteiger partial charge in [-0.3, -0.25) is 4.79 Å². The molecular weight excluding hydrogens is 285 g/mol. The molecule has 0 spiro atoms. The maximum atomic E-state index is 12.9. The molecule has 1 aromatic rings. The average molecular weight is 302 g/mol. The predicted octanol–water partition coefficient (Wildman–Crippen LogP) is 2.01. The van der Waals surface area contributed by atoms with E-state index in [1.165, 1.54) is 24.3 Å². The van der Waals surface area contributed by atoms with Crippen LogP contribution in [0.2, 0.25) is 5.02 Å². The molecule has 1 rings (SSSR count). The molecule has 0 saturated carbocycles. The summed E-state index contributed by atoms with van der Waals surface area (Å²) in [5, 5.41) is 11.2. The molecule has 1 amide bonds. The first-order valence-electron chi connectivity index (χ1n) is 6.23. The van der Waals surface area contributed by atoms with Crippen molar-refractivity contribution in [3.8, 4) is 0 Å². The average Bonchev–Trinajstić information content (AvgIpc) is 2.44. The van der Waals surface area contributed by atoms with Crippen LogP contribution in [0.15, 0.2) is 24.3 Å². The van der Waals surface area contributed by atoms with Crippen LogP contribution < -0.4 is 5.32 Å². The highest BCUT2D eigenvalue weighted by atomic mass is 35.5. The quantitative estimate of drug-likeness (QED) is 0.570. The summed E-state index contributed by atoms with van der Waals surface area (Å²) in [7, 11) is 0. The van der Waals surface area contributed by atoms with E-state index in [9.17, 15) is 9.18 Å². The number of aliphatic hydroxyl groups excluding tert-OH is 1. The zero-order chi connectivity index (χ0) is 14.8. The van der Waals surface area contributed by atoms with Gasteiger partial charge in [-0.25, -0.2) is 4.39 Å². The van der Waals surface area contributed by atoms with Crippen molar-refractivity contribution in [1.82, 2.24) is 5.32 Å². The standard InChI is InChI=1S/C14H17ClFNO3/c15-12-10-11(2-4-13(12)16)3-5-14(19)17-6-1-8-20-9-7-18/h2-5,10,18H,1,6-9H2,(H,17,19)/b5-3+. The Labute approximate surface area is 122 Å². The van der Waals surface area contributed by atoms with Crippen molar-refractivity contribution >= 4 is 23.6 Å². The van der Waals surface area contributed by atoms with Gasteiger partial charge >= 0.3 is 0 Å². The Hall–Kier alpha value is -1.43. The fourth-order valence-corrected chi connectivity index (χ4v) is 1.59. The molecule has 0 aliphatic carbocycles. The number of ether oxygens (including phenoxy) is 1. The summed E-state index contributed by atoms with van der Waals surface area (Å²) in [5.74, 6) is -0.733. The van der Waals surface area contributed by atoms with Crippen molar-refractivity contribution in [3.63, 3.8) is 0 Å². The van der Waals surface area contributed by atoms with Gasteiger partial charge in [-0.15, -0.1) is 0 Å². The number of amides is 1. The Morgan fingerprint density at radius 3 is 2.95 bits per heavy atom. The Morgan fingerprint density at radius 2 is 2.25 bits per heavy atom. The van der Waals surface area contributed by atoms with Crippen LogP contribution >= 0.6 is 11.6 Å². The fraction of sp³-hybridized carbons (Fsp3) is 0.357. The number of hydrogen-bond acceptors (Lipinski definition) is 3. The maximum Gasteiger partial charge on any atom is 0.244 e. The van der Waals surface area contributed by atoms with Crippen LogP contribution in [0.4, 0.5) is 4.39 Å². The van der Waals surface area contributed by atoms with Crippen LogP contribution in [0.1, 0.15) is 12.0 Å². The van der Waals surface area contributed by atoms with E-state index in [0.29, 0.717) is 31.7 Å². The lowest BCUT2D eigenvalue weighted by atomic mass is 10.2. The normalized spacial score (nSPS) is 10.9. The van der Waals surface area contributed by atoms with Gasteiger partial charge in [-0.1, -0.05) is 17.7 Å². The van der Waals surface area contributed by atoms with Gasteiger partial charge in [0.2, 0.25) is 5.91 Å². The Balaban J connectivity index is 2.27. The summed E-state index contributed by atoms with van der Waals surface area (Å²) in [6.07, 6.45) is 3.59. The third-order valence-corrected chi connectivity index (χ3v) is 2.66. The number of carbonyl (C=O) groups is 1. The highest BCUT2D eigenvalue weighted by Gasteiger charge is 1.99. The van der Waals surface area contributed by atoms with Crippen LogP contribution in [0.5, 0.6) is 0 Å². The third-order valence-electron chi connectivity index (χ3n) is 2.37. The molecule has 4 nitrogen and oxygen atoms in total. The first-order chi connectivity index (χ1) is 9.63. The number of rotatable bonds is 8. The summed E-state index contributed by atoms with van der Waals surface area (Å²) in [6.45, 7) is 1.27. The van der Waals surface area contributed by atoms with Gasteiger partial charge in [-0.05, 0) is 30.2 Å². The van der Waals surface area contributed by atoms with Crippen molar-refractivity contribution in [2.75, 3.05) is 26.4 Å². The molecular formula is C14H17ClFNO3. The van der Waals surface area contributed by atoms with Gasteiger partial charge in [0.15, 0.2) is 0 Å². The van der Waals surface area contributed by atoms with E-state index in [4.69, 9.17) is 21.4 Å². The SMILES string of the molecule is O=C(/C=C/c1ccc(F)c(Cl)c1)NCCCOCCO. The molecule has 0 aliphatic rings. The van der Waals surface area contributed by atoms with E-state index < -0.39 is 5.82 Å². The lowest BCUT2D eigenvalue weighted by molar-refractivity contribution is -0.116. The largest absolute Gasteiger partial charge is 0.394 e. The molecule has 0 radical (unpaired) electrons. The number of aliphatic hydroxyl groups is 1. The van der Waals surface area contributed by atoms with Crippen LogP contribution in [-0.2, 0) is 9.53 Å². The molecule has 2 N–H and O–H groups in total. The molecule has 0 atom stereocenters. The van der Waals surface area contributed by atoms with E-state index in [-0.39, 0.29) is 17.5 Å². The van der Waals surface area contributed by atoms with Gasteiger partial charge < -0.3 is 15.2 Å². The van der Waals surface area contributed by atoms with Crippen LogP contribution in [-0.4, -0.2) is 37.4 Å². The Bertz CT molecular complexity index is 466. The molecule has 0 heterocycles. The molecule has 0 bridgehead atoms. The van der Waals surface area contributed by atoms with Gasteiger partial charge in [0, 0.05) is 19.2 Å². The lowest BCUT2D eigenvalue weighted by Gasteiger charge is -2.03. The maximum absolute atomic E-state index is 12.9. The van der Waals surface area contributed by atoms with E-state index in [1.807, 2.05) is 0 Å². The topological polar surface area (TPSA) is 58.6 Å². The molecule has 20 heavy (non-hydrogen) atoms. The smallest absolute Gasteiger partial charge is 0.244 e. The Kier molecular flexibility index (Phi) is 7.87. The molecule has 6 heteroatoms. The van der Waals surface area contributed by atoms with Crippen molar-refractivity contribution in [1.29, 1.82) is 0 Å². The minimum Gasteiger partial charge on any atom is -0.394 e.